The molecular weight excluding hydrogens is 635 g/mol. The summed E-state index contributed by atoms with van der Waals surface area (Å²) in [6, 6.07) is 7.32. The van der Waals surface area contributed by atoms with Gasteiger partial charge >= 0.3 is 0 Å². The van der Waals surface area contributed by atoms with E-state index in [4.69, 9.17) is 23.2 Å². The maximum absolute atomic E-state index is 13.6. The number of amides is 3. The molecule has 2 aliphatic rings. The molecule has 1 aliphatic heterocycles. The van der Waals surface area contributed by atoms with E-state index in [1.165, 1.54) is 35.3 Å². The van der Waals surface area contributed by atoms with Crippen LogP contribution in [0.3, 0.4) is 0 Å². The van der Waals surface area contributed by atoms with Gasteiger partial charge in [0.1, 0.15) is 17.3 Å². The first-order valence-electron chi connectivity index (χ1n) is 14.1. The zero-order valence-corrected chi connectivity index (χ0v) is 27.3. The topological polar surface area (TPSA) is 136 Å². The van der Waals surface area contributed by atoms with E-state index >= 15 is 0 Å². The molecule has 3 N–H and O–H groups in total. The molecule has 1 aromatic heterocycles. The van der Waals surface area contributed by atoms with Crippen molar-refractivity contribution in [2.75, 3.05) is 26.2 Å². The highest BCUT2D eigenvalue weighted by Crippen LogP contribution is 2.29. The molecule has 14 heteroatoms. The van der Waals surface area contributed by atoms with Crippen molar-refractivity contribution < 1.29 is 27.9 Å². The van der Waals surface area contributed by atoms with E-state index in [0.717, 1.165) is 10.1 Å². The van der Waals surface area contributed by atoms with Crippen molar-refractivity contribution in [2.45, 2.75) is 57.1 Å². The Bertz CT molecular complexity index is 1500. The van der Waals surface area contributed by atoms with E-state index in [-0.39, 0.29) is 55.4 Å². The Morgan fingerprint density at radius 1 is 1.05 bits per heavy atom. The molecule has 1 unspecified atom stereocenters. The molecule has 1 aromatic carbocycles. The zero-order chi connectivity index (χ0) is 31.5. The number of rotatable bonds is 10. The van der Waals surface area contributed by atoms with E-state index < -0.39 is 39.4 Å². The van der Waals surface area contributed by atoms with Crippen molar-refractivity contribution in [3.63, 3.8) is 0 Å². The number of thiophene rings is 1. The van der Waals surface area contributed by atoms with Crippen LogP contribution in [0.2, 0.25) is 0 Å². The summed E-state index contributed by atoms with van der Waals surface area (Å²) in [7, 11) is -4.14. The van der Waals surface area contributed by atoms with Gasteiger partial charge in [-0.2, -0.15) is 4.72 Å². The number of allylic oxidation sites excluding steroid dienone is 3. The van der Waals surface area contributed by atoms with Crippen molar-refractivity contribution in [3.05, 3.63) is 57.4 Å². The average Bonchev–Trinajstić information content (AvgIpc) is 3.39. The van der Waals surface area contributed by atoms with Gasteiger partial charge in [0.15, 0.2) is 0 Å². The monoisotopic (exact) mass is 670 g/mol. The van der Waals surface area contributed by atoms with Crippen LogP contribution in [0, 0.1) is 5.92 Å². The molecule has 10 nitrogen and oxygen atoms in total. The largest absolute Gasteiger partial charge is 0.391 e. The molecule has 2 aromatic rings. The fraction of sp³-hybridized carbons (Fsp3) is 0.483. The number of benzene rings is 1. The van der Waals surface area contributed by atoms with Crippen molar-refractivity contribution in [2.24, 2.45) is 5.92 Å². The minimum atomic E-state index is -4.14. The summed E-state index contributed by atoms with van der Waals surface area (Å²) in [6.45, 7) is 5.93. The Morgan fingerprint density at radius 3 is 2.26 bits per heavy atom. The molecule has 0 bridgehead atoms. The van der Waals surface area contributed by atoms with E-state index in [0.29, 0.717) is 16.3 Å². The number of aliphatic hydroxyl groups is 1. The summed E-state index contributed by atoms with van der Waals surface area (Å²) >= 11 is 13.4. The fourth-order valence-electron chi connectivity index (χ4n) is 5.09. The quantitative estimate of drug-likeness (QED) is 0.355. The Hall–Kier alpha value is -2.48. The third-order valence-electron chi connectivity index (χ3n) is 7.39. The van der Waals surface area contributed by atoms with Gasteiger partial charge in [0.2, 0.25) is 21.8 Å². The van der Waals surface area contributed by atoms with Gasteiger partial charge < -0.3 is 20.2 Å². The molecule has 1 fully saturated rings. The van der Waals surface area contributed by atoms with Gasteiger partial charge in [0.05, 0.1) is 11.0 Å². The SMILES string of the molecule is CC(C)C[C@H](NC(=O)c1cc2ccccc2s1)C(=O)N1CCN(C(=O)[C@@H](NS(=O)(=O)C2CC=C(Cl)C=C2Cl)[C@@H](C)O)CC1. The van der Waals surface area contributed by atoms with E-state index in [2.05, 4.69) is 10.0 Å². The van der Waals surface area contributed by atoms with Gasteiger partial charge in [-0.3, -0.25) is 14.4 Å². The number of hydrogen-bond acceptors (Lipinski definition) is 7. The minimum Gasteiger partial charge on any atom is -0.391 e. The second-order valence-electron chi connectivity index (χ2n) is 11.2. The number of sulfonamides is 1. The fourth-order valence-corrected chi connectivity index (χ4v) is 8.40. The number of fused-ring (bicyclic) bond motifs is 1. The highest BCUT2D eigenvalue weighted by atomic mass is 35.5. The highest BCUT2D eigenvalue weighted by molar-refractivity contribution is 7.90. The molecule has 4 rings (SSSR count). The third-order valence-corrected chi connectivity index (χ3v) is 11.0. The lowest BCUT2D eigenvalue weighted by Crippen LogP contribution is -2.60. The Kier molecular flexibility index (Phi) is 10.9. The lowest BCUT2D eigenvalue weighted by molar-refractivity contribution is -0.143. The minimum absolute atomic E-state index is 0.0133. The van der Waals surface area contributed by atoms with Crippen molar-refractivity contribution in [1.82, 2.24) is 19.8 Å². The number of nitrogens with one attached hydrogen (secondary N) is 2. The van der Waals surface area contributed by atoms with Crippen LogP contribution < -0.4 is 10.0 Å². The first-order chi connectivity index (χ1) is 20.3. The summed E-state index contributed by atoms with van der Waals surface area (Å²) in [5.74, 6) is -1.02. The van der Waals surface area contributed by atoms with Crippen LogP contribution in [-0.2, 0) is 19.6 Å². The van der Waals surface area contributed by atoms with Crippen LogP contribution in [0.25, 0.3) is 10.1 Å². The first kappa shape index (κ1) is 33.4. The molecule has 3 amide bonds. The molecule has 0 spiro atoms. The maximum Gasteiger partial charge on any atom is 0.262 e. The Labute approximate surface area is 265 Å². The predicted octanol–water partition coefficient (Wildman–Crippen LogP) is 3.40. The zero-order valence-electron chi connectivity index (χ0n) is 24.1. The molecule has 234 valence electrons. The van der Waals surface area contributed by atoms with E-state index in [1.54, 1.807) is 4.90 Å². The molecule has 2 heterocycles. The Morgan fingerprint density at radius 2 is 1.67 bits per heavy atom. The molecular formula is C29H36Cl2N4O6S2. The number of carbonyl (C=O) groups excluding carboxylic acids is 3. The molecule has 1 aliphatic carbocycles. The second kappa shape index (κ2) is 14.1. The summed E-state index contributed by atoms with van der Waals surface area (Å²) in [5.41, 5.74) is 0. The van der Waals surface area contributed by atoms with Crippen LogP contribution in [-0.4, -0.2) is 90.7 Å². The number of carbonyl (C=O) groups is 3. The van der Waals surface area contributed by atoms with Gasteiger partial charge in [-0.25, -0.2) is 8.42 Å². The lowest BCUT2D eigenvalue weighted by Gasteiger charge is -2.38. The Balaban J connectivity index is 1.39. The van der Waals surface area contributed by atoms with E-state index in [1.807, 2.05) is 44.2 Å². The predicted molar refractivity (Wildman–Crippen MR) is 169 cm³/mol. The molecule has 0 saturated carbocycles. The summed E-state index contributed by atoms with van der Waals surface area (Å²) in [5, 5.41) is 13.4. The van der Waals surface area contributed by atoms with Crippen LogP contribution in [0.4, 0.5) is 0 Å². The second-order valence-corrected chi connectivity index (χ2v) is 15.0. The van der Waals surface area contributed by atoms with Crippen molar-refractivity contribution in [1.29, 1.82) is 0 Å². The molecule has 1 saturated heterocycles. The molecule has 0 radical (unpaired) electrons. The van der Waals surface area contributed by atoms with Crippen LogP contribution in [0.1, 0.15) is 43.3 Å². The standard InChI is InChI=1S/C29H36Cl2N4O6S2/c1-17(2)14-22(32-27(37)24-15-19-6-4-5-7-23(19)42-24)28(38)34-10-12-35(13-11-34)29(39)26(18(3)36)33-43(40,41)25-9-8-20(30)16-21(25)31/h4-8,15-18,22,25-26,33,36H,9-14H2,1-3H3,(H,32,37)/t18-,22+,25?,26+/m1/s1. The molecule has 4 atom stereocenters. The van der Waals surface area contributed by atoms with Crippen LogP contribution in [0.15, 0.2) is 52.5 Å². The number of nitrogens with zero attached hydrogens (tertiary/aromatic N) is 2. The number of piperazine rings is 1. The van der Waals surface area contributed by atoms with Gasteiger partial charge in [-0.15, -0.1) is 11.3 Å². The highest BCUT2D eigenvalue weighted by Gasteiger charge is 2.39. The van der Waals surface area contributed by atoms with Crippen LogP contribution >= 0.6 is 34.5 Å². The molecule has 43 heavy (non-hydrogen) atoms. The lowest BCUT2D eigenvalue weighted by atomic mass is 10.0. The smallest absolute Gasteiger partial charge is 0.262 e. The summed E-state index contributed by atoms with van der Waals surface area (Å²) in [4.78, 5) is 43.6. The number of halogens is 2. The van der Waals surface area contributed by atoms with Crippen molar-refractivity contribution >= 4 is 72.4 Å². The number of hydrogen-bond donors (Lipinski definition) is 3. The first-order valence-corrected chi connectivity index (χ1v) is 17.2. The van der Waals surface area contributed by atoms with Crippen molar-refractivity contribution in [3.8, 4) is 0 Å². The maximum atomic E-state index is 13.6. The normalized spacial score (nSPS) is 19.9. The third kappa shape index (κ3) is 8.17. The average molecular weight is 672 g/mol. The van der Waals surface area contributed by atoms with Gasteiger partial charge in [0.25, 0.3) is 5.91 Å². The van der Waals surface area contributed by atoms with Crippen LogP contribution in [0.5, 0.6) is 0 Å². The van der Waals surface area contributed by atoms with E-state index in [9.17, 15) is 27.9 Å². The summed E-state index contributed by atoms with van der Waals surface area (Å²) in [6.07, 6.45) is 2.00. The van der Waals surface area contributed by atoms with Gasteiger partial charge in [-0.05, 0) is 49.3 Å². The van der Waals surface area contributed by atoms with Gasteiger partial charge in [0, 0.05) is 40.9 Å². The summed E-state index contributed by atoms with van der Waals surface area (Å²) < 4.78 is 29.5. The van der Waals surface area contributed by atoms with Gasteiger partial charge in [-0.1, -0.05) is 61.3 Å². The number of aliphatic hydroxyl groups excluding tert-OH is 1.